The summed E-state index contributed by atoms with van der Waals surface area (Å²) in [7, 11) is -2.80. The van der Waals surface area contributed by atoms with Crippen LogP contribution in [0.25, 0.3) is 0 Å². The number of sulfone groups is 1. The summed E-state index contributed by atoms with van der Waals surface area (Å²) in [5.41, 5.74) is 1.01. The van der Waals surface area contributed by atoms with Crippen molar-refractivity contribution in [2.75, 3.05) is 24.6 Å². The van der Waals surface area contributed by atoms with E-state index in [4.69, 9.17) is 0 Å². The third-order valence-corrected chi connectivity index (χ3v) is 5.66. The molecule has 1 aliphatic carbocycles. The highest BCUT2D eigenvalue weighted by Gasteiger charge is 2.33. The molecule has 0 bridgehead atoms. The van der Waals surface area contributed by atoms with Crippen molar-refractivity contribution in [1.82, 2.24) is 10.6 Å². The minimum absolute atomic E-state index is 0. The van der Waals surface area contributed by atoms with Gasteiger partial charge in [0.25, 0.3) is 0 Å². The number of nitrogens with one attached hydrogen (secondary N) is 2. The van der Waals surface area contributed by atoms with Crippen LogP contribution in [0.3, 0.4) is 0 Å². The number of guanidine groups is 1. The Morgan fingerprint density at radius 2 is 2.10 bits per heavy atom. The Balaban J connectivity index is 0.00000220. The van der Waals surface area contributed by atoms with E-state index in [1.54, 1.807) is 0 Å². The quantitative estimate of drug-likeness (QED) is 0.303. The van der Waals surface area contributed by atoms with E-state index in [9.17, 15) is 8.42 Å². The Morgan fingerprint density at radius 3 is 2.57 bits per heavy atom. The summed E-state index contributed by atoms with van der Waals surface area (Å²) in [6.07, 6.45) is 1.93. The lowest BCUT2D eigenvalue weighted by Gasteiger charge is -2.15. The number of hydrogen-bond acceptors (Lipinski definition) is 3. The summed E-state index contributed by atoms with van der Waals surface area (Å²) in [6, 6.07) is 0.499. The van der Waals surface area contributed by atoms with E-state index in [0.29, 0.717) is 36.6 Å². The minimum Gasteiger partial charge on any atom is -0.356 e. The van der Waals surface area contributed by atoms with Gasteiger partial charge in [0.15, 0.2) is 15.8 Å². The fourth-order valence-corrected chi connectivity index (χ4v) is 4.20. The van der Waals surface area contributed by atoms with E-state index < -0.39 is 9.84 Å². The molecule has 2 aliphatic rings. The highest BCUT2D eigenvalue weighted by molar-refractivity contribution is 14.0. The maximum Gasteiger partial charge on any atom is 0.191 e. The zero-order chi connectivity index (χ0) is 14.8. The lowest BCUT2D eigenvalue weighted by Crippen LogP contribution is -2.41. The molecule has 2 N–H and O–H groups in total. The fourth-order valence-electron chi connectivity index (χ4n) is 2.34. The first-order chi connectivity index (χ1) is 9.35. The summed E-state index contributed by atoms with van der Waals surface area (Å²) >= 11 is 0. The predicted octanol–water partition coefficient (Wildman–Crippen LogP) is 1.56. The molecular weight excluding hydrogens is 401 g/mol. The second-order valence-corrected chi connectivity index (χ2v) is 8.46. The van der Waals surface area contributed by atoms with Crippen molar-refractivity contribution in [3.63, 3.8) is 0 Å². The van der Waals surface area contributed by atoms with Gasteiger partial charge in [0.05, 0.1) is 18.1 Å². The molecule has 2 rings (SSSR count). The van der Waals surface area contributed by atoms with Crippen molar-refractivity contribution >= 4 is 39.8 Å². The van der Waals surface area contributed by atoms with Crippen LogP contribution < -0.4 is 10.6 Å². The number of rotatable bonds is 5. The molecule has 7 heteroatoms. The molecule has 1 heterocycles. The summed E-state index contributed by atoms with van der Waals surface area (Å²) < 4.78 is 22.9. The SMILES string of the molecule is C=C(C)CN=C(NCC1CCS(=O)(=O)C1)NC1CC1C.I. The smallest absolute Gasteiger partial charge is 0.191 e. The van der Waals surface area contributed by atoms with E-state index in [1.807, 2.05) is 6.92 Å². The molecule has 5 nitrogen and oxygen atoms in total. The van der Waals surface area contributed by atoms with Gasteiger partial charge in [-0.05, 0) is 31.6 Å². The zero-order valence-electron chi connectivity index (χ0n) is 12.8. The molecule has 1 aliphatic heterocycles. The van der Waals surface area contributed by atoms with Crippen LogP contribution in [0.4, 0.5) is 0 Å². The van der Waals surface area contributed by atoms with Crippen LogP contribution in [0.15, 0.2) is 17.1 Å². The van der Waals surface area contributed by atoms with Crippen molar-refractivity contribution in [1.29, 1.82) is 0 Å². The second kappa shape index (κ2) is 7.80. The molecule has 0 amide bonds. The Bertz CT molecular complexity index is 504. The van der Waals surface area contributed by atoms with E-state index in [1.165, 1.54) is 6.42 Å². The van der Waals surface area contributed by atoms with E-state index in [-0.39, 0.29) is 29.9 Å². The first-order valence-electron chi connectivity index (χ1n) is 7.25. The van der Waals surface area contributed by atoms with Gasteiger partial charge in [-0.15, -0.1) is 24.0 Å². The number of aliphatic imine (C=N–C) groups is 1. The molecule has 2 fully saturated rings. The molecule has 0 aromatic heterocycles. The summed E-state index contributed by atoms with van der Waals surface area (Å²) in [4.78, 5) is 4.48. The summed E-state index contributed by atoms with van der Waals surface area (Å²) in [5, 5.41) is 6.67. The standard InChI is InChI=1S/C14H25N3O2S.HI/c1-10(2)7-15-14(17-13-6-11(13)3)16-8-12-4-5-20(18,19)9-12;/h11-13H,1,4-9H2,2-3H3,(H2,15,16,17);1H. The number of hydrogen-bond donors (Lipinski definition) is 2. The molecule has 0 radical (unpaired) electrons. The van der Waals surface area contributed by atoms with Crippen molar-refractivity contribution in [3.8, 4) is 0 Å². The van der Waals surface area contributed by atoms with Gasteiger partial charge in [0.1, 0.15) is 0 Å². The zero-order valence-corrected chi connectivity index (χ0v) is 15.9. The molecule has 122 valence electrons. The Labute approximate surface area is 145 Å². The largest absolute Gasteiger partial charge is 0.356 e. The Morgan fingerprint density at radius 1 is 1.43 bits per heavy atom. The van der Waals surface area contributed by atoms with Crippen molar-refractivity contribution < 1.29 is 8.42 Å². The van der Waals surface area contributed by atoms with Gasteiger partial charge in [-0.25, -0.2) is 13.4 Å². The Kier molecular flexibility index (Phi) is 6.96. The van der Waals surface area contributed by atoms with Gasteiger partial charge in [-0.3, -0.25) is 0 Å². The van der Waals surface area contributed by atoms with Crippen LogP contribution in [0.5, 0.6) is 0 Å². The lowest BCUT2D eigenvalue weighted by molar-refractivity contribution is 0.566. The van der Waals surface area contributed by atoms with Crippen LogP contribution in [-0.4, -0.2) is 45.0 Å². The monoisotopic (exact) mass is 427 g/mol. The third kappa shape index (κ3) is 6.54. The van der Waals surface area contributed by atoms with Gasteiger partial charge < -0.3 is 10.6 Å². The molecular formula is C14H26IN3O2S. The predicted molar refractivity (Wildman–Crippen MR) is 98.0 cm³/mol. The van der Waals surface area contributed by atoms with Gasteiger partial charge in [-0.1, -0.05) is 19.1 Å². The van der Waals surface area contributed by atoms with Crippen molar-refractivity contribution in [2.45, 2.75) is 32.7 Å². The average molecular weight is 427 g/mol. The third-order valence-electron chi connectivity index (χ3n) is 3.82. The average Bonchev–Trinajstić information content (AvgIpc) is 2.92. The molecule has 1 saturated carbocycles. The second-order valence-electron chi connectivity index (χ2n) is 6.24. The van der Waals surface area contributed by atoms with Crippen molar-refractivity contribution in [3.05, 3.63) is 12.2 Å². The highest BCUT2D eigenvalue weighted by atomic mass is 127. The molecule has 1 saturated heterocycles. The minimum atomic E-state index is -2.80. The molecule has 21 heavy (non-hydrogen) atoms. The maximum absolute atomic E-state index is 11.4. The van der Waals surface area contributed by atoms with Crippen molar-refractivity contribution in [2.24, 2.45) is 16.8 Å². The maximum atomic E-state index is 11.4. The lowest BCUT2D eigenvalue weighted by atomic mass is 10.1. The summed E-state index contributed by atoms with van der Waals surface area (Å²) in [5.74, 6) is 2.30. The number of nitrogens with zero attached hydrogens (tertiary/aromatic N) is 1. The summed E-state index contributed by atoms with van der Waals surface area (Å²) in [6.45, 7) is 9.27. The molecule has 3 atom stereocenters. The van der Waals surface area contributed by atoms with Crippen LogP contribution >= 0.6 is 24.0 Å². The van der Waals surface area contributed by atoms with Crippen LogP contribution in [0.2, 0.25) is 0 Å². The highest BCUT2D eigenvalue weighted by Crippen LogP contribution is 2.28. The fraction of sp³-hybridized carbons (Fsp3) is 0.786. The van der Waals surface area contributed by atoms with E-state index in [2.05, 4.69) is 29.1 Å². The van der Waals surface area contributed by atoms with Crippen LogP contribution in [0, 0.1) is 11.8 Å². The van der Waals surface area contributed by atoms with Gasteiger partial charge in [-0.2, -0.15) is 0 Å². The normalized spacial score (nSPS) is 30.4. The molecule has 0 aromatic rings. The van der Waals surface area contributed by atoms with E-state index in [0.717, 1.165) is 18.0 Å². The molecule has 0 aromatic carbocycles. The Hall–Kier alpha value is -0.310. The first-order valence-corrected chi connectivity index (χ1v) is 9.07. The molecule has 0 spiro atoms. The van der Waals surface area contributed by atoms with Crippen LogP contribution in [-0.2, 0) is 9.84 Å². The molecule has 3 unspecified atom stereocenters. The topological polar surface area (TPSA) is 70.6 Å². The first kappa shape index (κ1) is 18.7. The van der Waals surface area contributed by atoms with Crippen LogP contribution in [0.1, 0.15) is 26.7 Å². The number of halogens is 1. The van der Waals surface area contributed by atoms with E-state index >= 15 is 0 Å². The van der Waals surface area contributed by atoms with Gasteiger partial charge in [0, 0.05) is 12.6 Å². The van der Waals surface area contributed by atoms with Gasteiger partial charge in [0.2, 0.25) is 0 Å². The van der Waals surface area contributed by atoms with Gasteiger partial charge >= 0.3 is 0 Å².